The van der Waals surface area contributed by atoms with Gasteiger partial charge in [0.1, 0.15) is 0 Å². The lowest BCUT2D eigenvalue weighted by Gasteiger charge is -2.25. The number of pyridine rings is 1. The van der Waals surface area contributed by atoms with Gasteiger partial charge in [0.25, 0.3) is 0 Å². The van der Waals surface area contributed by atoms with E-state index in [9.17, 15) is 5.11 Å². The number of anilines is 1. The maximum atomic E-state index is 9.66. The number of aliphatic hydroxyl groups excluding tert-OH is 1. The fraction of sp³-hybridized carbons (Fsp3) is 0.571. The molecular formula is C14H20N4O. The molecular weight excluding hydrogens is 240 g/mol. The molecule has 102 valence electrons. The number of aliphatic hydroxyl groups is 1. The molecule has 0 aromatic carbocycles. The predicted molar refractivity (Wildman–Crippen MR) is 74.2 cm³/mol. The quantitative estimate of drug-likeness (QED) is 0.886. The second-order valence-corrected chi connectivity index (χ2v) is 5.46. The van der Waals surface area contributed by atoms with Gasteiger partial charge in [-0.1, -0.05) is 12.5 Å². The summed E-state index contributed by atoms with van der Waals surface area (Å²) in [5, 5.41) is 17.4. The van der Waals surface area contributed by atoms with Crippen molar-refractivity contribution in [2.45, 2.75) is 38.7 Å². The van der Waals surface area contributed by atoms with Crippen molar-refractivity contribution in [2.75, 3.05) is 11.9 Å². The molecule has 0 spiro atoms. The Morgan fingerprint density at radius 3 is 3.16 bits per heavy atom. The molecule has 5 nitrogen and oxygen atoms in total. The number of aryl methyl sites for hydroxylation is 1. The van der Waals surface area contributed by atoms with E-state index in [-0.39, 0.29) is 6.10 Å². The summed E-state index contributed by atoms with van der Waals surface area (Å²) in [5.41, 5.74) is 2.02. The number of nitrogens with one attached hydrogen (secondary N) is 1. The van der Waals surface area contributed by atoms with Crippen LogP contribution < -0.4 is 5.32 Å². The van der Waals surface area contributed by atoms with Gasteiger partial charge in [-0.15, -0.1) is 5.10 Å². The minimum atomic E-state index is -0.128. The minimum absolute atomic E-state index is 0.128. The smallest absolute Gasteiger partial charge is 0.243 e. The van der Waals surface area contributed by atoms with E-state index in [1.165, 1.54) is 6.42 Å². The van der Waals surface area contributed by atoms with Crippen LogP contribution in [0.1, 0.15) is 31.2 Å². The Morgan fingerprint density at radius 1 is 1.47 bits per heavy atom. The van der Waals surface area contributed by atoms with Gasteiger partial charge in [0.2, 0.25) is 5.95 Å². The largest absolute Gasteiger partial charge is 0.393 e. The third-order valence-electron chi connectivity index (χ3n) is 3.86. The Hall–Kier alpha value is -1.62. The number of nitrogens with zero attached hydrogens (tertiary/aromatic N) is 3. The van der Waals surface area contributed by atoms with Crippen LogP contribution in [0.4, 0.5) is 5.95 Å². The van der Waals surface area contributed by atoms with E-state index in [4.69, 9.17) is 0 Å². The highest BCUT2D eigenvalue weighted by atomic mass is 16.3. The van der Waals surface area contributed by atoms with Gasteiger partial charge in [-0.05, 0) is 43.7 Å². The topological polar surface area (TPSA) is 62.5 Å². The van der Waals surface area contributed by atoms with Crippen molar-refractivity contribution in [3.63, 3.8) is 0 Å². The van der Waals surface area contributed by atoms with Crippen LogP contribution >= 0.6 is 0 Å². The van der Waals surface area contributed by atoms with E-state index in [2.05, 4.69) is 15.4 Å². The molecule has 1 aliphatic carbocycles. The lowest BCUT2D eigenvalue weighted by molar-refractivity contribution is 0.104. The molecule has 2 atom stereocenters. The van der Waals surface area contributed by atoms with Crippen molar-refractivity contribution in [3.8, 4) is 0 Å². The molecule has 0 radical (unpaired) electrons. The van der Waals surface area contributed by atoms with Gasteiger partial charge < -0.3 is 10.4 Å². The van der Waals surface area contributed by atoms with Crippen LogP contribution in [-0.4, -0.2) is 32.4 Å². The van der Waals surface area contributed by atoms with Crippen molar-refractivity contribution < 1.29 is 5.11 Å². The molecule has 1 fully saturated rings. The third kappa shape index (κ3) is 2.71. The van der Waals surface area contributed by atoms with E-state index in [1.807, 2.05) is 25.3 Å². The third-order valence-corrected chi connectivity index (χ3v) is 3.86. The monoisotopic (exact) mass is 260 g/mol. The second kappa shape index (κ2) is 5.17. The van der Waals surface area contributed by atoms with Crippen molar-refractivity contribution in [1.82, 2.24) is 14.6 Å². The first-order chi connectivity index (χ1) is 9.22. The molecule has 1 aliphatic rings. The van der Waals surface area contributed by atoms with Gasteiger partial charge in [-0.25, -0.2) is 4.52 Å². The molecule has 19 heavy (non-hydrogen) atoms. The van der Waals surface area contributed by atoms with E-state index < -0.39 is 0 Å². The molecule has 0 bridgehead atoms. The number of rotatable bonds is 3. The minimum Gasteiger partial charge on any atom is -0.393 e. The molecule has 2 heterocycles. The first-order valence-electron chi connectivity index (χ1n) is 6.96. The molecule has 5 heteroatoms. The molecule has 0 amide bonds. The summed E-state index contributed by atoms with van der Waals surface area (Å²) < 4.78 is 1.80. The Morgan fingerprint density at radius 2 is 2.37 bits per heavy atom. The molecule has 2 N–H and O–H groups in total. The molecule has 2 aromatic heterocycles. The normalized spacial score (nSPS) is 23.7. The highest BCUT2D eigenvalue weighted by Crippen LogP contribution is 2.24. The molecule has 1 saturated carbocycles. The van der Waals surface area contributed by atoms with Crippen molar-refractivity contribution in [3.05, 3.63) is 23.9 Å². The fourth-order valence-electron chi connectivity index (χ4n) is 2.80. The lowest BCUT2D eigenvalue weighted by Crippen LogP contribution is -2.25. The van der Waals surface area contributed by atoms with Crippen molar-refractivity contribution in [2.24, 2.45) is 5.92 Å². The Kier molecular flexibility index (Phi) is 3.38. The van der Waals surface area contributed by atoms with Crippen molar-refractivity contribution in [1.29, 1.82) is 0 Å². The molecule has 0 saturated heterocycles. The van der Waals surface area contributed by atoms with Crippen LogP contribution in [0, 0.1) is 12.8 Å². The maximum Gasteiger partial charge on any atom is 0.243 e. The van der Waals surface area contributed by atoms with Crippen LogP contribution in [0.5, 0.6) is 0 Å². The SMILES string of the molecule is Cc1cccn2nc(NCC3CCCC(O)C3)nc12. The highest BCUT2D eigenvalue weighted by molar-refractivity contribution is 5.49. The summed E-state index contributed by atoms with van der Waals surface area (Å²) >= 11 is 0. The van der Waals surface area contributed by atoms with Gasteiger partial charge >= 0.3 is 0 Å². The molecule has 2 unspecified atom stereocenters. The van der Waals surface area contributed by atoms with Crippen LogP contribution in [0.25, 0.3) is 5.65 Å². The summed E-state index contributed by atoms with van der Waals surface area (Å²) in [5.74, 6) is 1.20. The lowest BCUT2D eigenvalue weighted by atomic mass is 9.87. The summed E-state index contributed by atoms with van der Waals surface area (Å²) in [6.07, 6.45) is 5.91. The van der Waals surface area contributed by atoms with Crippen LogP contribution in [0.2, 0.25) is 0 Å². The van der Waals surface area contributed by atoms with Gasteiger partial charge in [0, 0.05) is 12.7 Å². The fourth-order valence-corrected chi connectivity index (χ4v) is 2.80. The zero-order valence-electron chi connectivity index (χ0n) is 11.2. The van der Waals surface area contributed by atoms with Gasteiger partial charge in [0.05, 0.1) is 6.10 Å². The Labute approximate surface area is 112 Å². The standard InChI is InChI=1S/C14H20N4O/c1-10-4-3-7-18-13(10)16-14(17-18)15-9-11-5-2-6-12(19)8-11/h3-4,7,11-12,19H,2,5-6,8-9H2,1H3,(H,15,17). The van der Waals surface area contributed by atoms with E-state index >= 15 is 0 Å². The highest BCUT2D eigenvalue weighted by Gasteiger charge is 2.20. The average molecular weight is 260 g/mol. The summed E-state index contributed by atoms with van der Waals surface area (Å²) in [6.45, 7) is 2.87. The van der Waals surface area contributed by atoms with Gasteiger partial charge in [-0.2, -0.15) is 4.98 Å². The number of aromatic nitrogens is 3. The zero-order valence-corrected chi connectivity index (χ0v) is 11.2. The molecule has 0 aliphatic heterocycles. The average Bonchev–Trinajstić information content (AvgIpc) is 2.81. The Balaban J connectivity index is 1.66. The molecule has 2 aromatic rings. The van der Waals surface area contributed by atoms with Crippen molar-refractivity contribution >= 4 is 11.6 Å². The maximum absolute atomic E-state index is 9.66. The second-order valence-electron chi connectivity index (χ2n) is 5.46. The summed E-state index contributed by atoms with van der Waals surface area (Å²) in [6, 6.07) is 4.00. The van der Waals surface area contributed by atoms with E-state index in [0.29, 0.717) is 11.9 Å². The van der Waals surface area contributed by atoms with E-state index in [1.54, 1.807) is 4.52 Å². The van der Waals surface area contributed by atoms with Gasteiger partial charge in [0.15, 0.2) is 5.65 Å². The predicted octanol–water partition coefficient (Wildman–Crippen LogP) is 2.00. The van der Waals surface area contributed by atoms with E-state index in [0.717, 1.165) is 37.0 Å². The van der Waals surface area contributed by atoms with Crippen LogP contribution in [0.3, 0.4) is 0 Å². The van der Waals surface area contributed by atoms with Gasteiger partial charge in [-0.3, -0.25) is 0 Å². The number of fused-ring (bicyclic) bond motifs is 1. The van der Waals surface area contributed by atoms with Crippen LogP contribution in [0.15, 0.2) is 18.3 Å². The Bertz CT molecular complexity index is 566. The van der Waals surface area contributed by atoms with Crippen LogP contribution in [-0.2, 0) is 0 Å². The first-order valence-corrected chi connectivity index (χ1v) is 6.96. The first kappa shape index (κ1) is 12.4. The number of hydrogen-bond acceptors (Lipinski definition) is 4. The number of hydrogen-bond donors (Lipinski definition) is 2. The molecule has 3 rings (SSSR count). The zero-order chi connectivity index (χ0) is 13.2. The summed E-state index contributed by atoms with van der Waals surface area (Å²) in [4.78, 5) is 4.49. The summed E-state index contributed by atoms with van der Waals surface area (Å²) in [7, 11) is 0.